The Balaban J connectivity index is 3.50. The van der Waals surface area contributed by atoms with Gasteiger partial charge in [0, 0.05) is 5.57 Å². The van der Waals surface area contributed by atoms with Crippen LogP contribution in [0.25, 0.3) is 0 Å². The van der Waals surface area contributed by atoms with Gasteiger partial charge in [0.05, 0.1) is 13.8 Å². The van der Waals surface area contributed by atoms with E-state index in [2.05, 4.69) is 6.58 Å². The van der Waals surface area contributed by atoms with Gasteiger partial charge in [-0.05, 0) is 6.92 Å². The minimum absolute atomic E-state index is 0.318. The van der Waals surface area contributed by atoms with E-state index in [9.17, 15) is 4.79 Å². The van der Waals surface area contributed by atoms with Gasteiger partial charge in [-0.3, -0.25) is 0 Å². The minimum atomic E-state index is -0.318. The third kappa shape index (κ3) is 4.01. The van der Waals surface area contributed by atoms with Crippen molar-refractivity contribution in [2.75, 3.05) is 6.61 Å². The normalized spacial score (nSPS) is 8.70. The van der Waals surface area contributed by atoms with Gasteiger partial charge >= 0.3 is 5.97 Å². The molecule has 0 amide bonds. The molecule has 0 fully saturated rings. The molecule has 0 aromatic rings. The molecule has 0 aliphatic carbocycles. The van der Waals surface area contributed by atoms with E-state index in [1.54, 1.807) is 6.92 Å². The van der Waals surface area contributed by atoms with E-state index in [0.717, 1.165) is 5.92 Å². The molecule has 0 saturated heterocycles. The molecule has 0 saturated carbocycles. The lowest BCUT2D eigenvalue weighted by Crippen LogP contribution is -2.08. The number of esters is 1. The molecule has 2 nitrogen and oxygen atoms in total. The molecule has 0 rings (SSSR count). The van der Waals surface area contributed by atoms with E-state index < -0.39 is 0 Å². The fourth-order valence-corrected chi connectivity index (χ4v) is 0.333. The van der Waals surface area contributed by atoms with Crippen LogP contribution in [0.5, 0.6) is 0 Å². The lowest BCUT2D eigenvalue weighted by atomic mass is 10.2. The van der Waals surface area contributed by atoms with Gasteiger partial charge < -0.3 is 4.74 Å². The Morgan fingerprint density at radius 1 is 1.60 bits per heavy atom. The highest BCUT2D eigenvalue weighted by Crippen LogP contribution is 1.98. The van der Waals surface area contributed by atoms with Gasteiger partial charge in [0.25, 0.3) is 0 Å². The zero-order valence-corrected chi connectivity index (χ0v) is 6.73. The molecule has 0 N–H and O–H groups in total. The number of hydrogen-bond acceptors (Lipinski definition) is 2. The Morgan fingerprint density at radius 2 is 2.10 bits per heavy atom. The first-order chi connectivity index (χ1) is 4.54. The van der Waals surface area contributed by atoms with Crippen LogP contribution in [0.2, 0.25) is 0 Å². The first kappa shape index (κ1) is 9.08. The molecule has 0 radical (unpaired) electrons. The molecule has 0 aromatic carbocycles. The molecule has 0 atom stereocenters. The van der Waals surface area contributed by atoms with E-state index in [0.29, 0.717) is 12.2 Å². The zero-order valence-electron chi connectivity index (χ0n) is 6.73. The third-order valence-corrected chi connectivity index (χ3v) is 0.840. The summed E-state index contributed by atoms with van der Waals surface area (Å²) in [4.78, 5) is 10.7. The summed E-state index contributed by atoms with van der Waals surface area (Å²) in [5.74, 6) is 0.760. The predicted molar refractivity (Wildman–Crippen MR) is 40.4 cm³/mol. The smallest absolute Gasteiger partial charge is 0.336 e. The van der Waals surface area contributed by atoms with Crippen molar-refractivity contribution in [2.45, 2.75) is 20.8 Å². The maximum absolute atomic E-state index is 10.7. The van der Waals surface area contributed by atoms with Crippen molar-refractivity contribution in [1.29, 1.82) is 0 Å². The number of hydrogen-bond donors (Lipinski definition) is 0. The standard InChI is InChI=1S/C8H13O2/c1-6(2)5-10-8(9)7(3)4/h3,5H2,1-2,4H3/q+1. The average Bonchev–Trinajstić information content (AvgIpc) is 1.82. The predicted octanol–water partition coefficient (Wildman–Crippen LogP) is 1.72. The van der Waals surface area contributed by atoms with E-state index >= 15 is 0 Å². The maximum Gasteiger partial charge on any atom is 0.336 e. The van der Waals surface area contributed by atoms with Crippen molar-refractivity contribution in [3.8, 4) is 0 Å². The number of ether oxygens (including phenoxy) is 1. The summed E-state index contributed by atoms with van der Waals surface area (Å²) in [6, 6.07) is 0. The largest absolute Gasteiger partial charge is 0.420 e. The molecular formula is C8H13O2+. The molecule has 0 aliphatic rings. The van der Waals surface area contributed by atoms with Crippen molar-refractivity contribution in [3.05, 3.63) is 18.1 Å². The summed E-state index contributed by atoms with van der Waals surface area (Å²) in [6.07, 6.45) is 0. The highest BCUT2D eigenvalue weighted by atomic mass is 16.5. The lowest BCUT2D eigenvalue weighted by molar-refractivity contribution is -0.138. The fraction of sp³-hybridized carbons (Fsp3) is 0.500. The second-order valence-corrected chi connectivity index (χ2v) is 2.56. The Hall–Kier alpha value is -0.920. The minimum Gasteiger partial charge on any atom is -0.420 e. The van der Waals surface area contributed by atoms with Crippen molar-refractivity contribution in [1.82, 2.24) is 0 Å². The van der Waals surface area contributed by atoms with Gasteiger partial charge in [-0.2, -0.15) is 0 Å². The van der Waals surface area contributed by atoms with E-state index in [1.165, 1.54) is 0 Å². The van der Waals surface area contributed by atoms with Crippen LogP contribution in [0.15, 0.2) is 12.2 Å². The van der Waals surface area contributed by atoms with Crippen LogP contribution in [0, 0.1) is 5.92 Å². The van der Waals surface area contributed by atoms with E-state index in [1.807, 2.05) is 13.8 Å². The quantitative estimate of drug-likeness (QED) is 0.340. The summed E-state index contributed by atoms with van der Waals surface area (Å²) in [5.41, 5.74) is 0.446. The zero-order chi connectivity index (χ0) is 8.15. The van der Waals surface area contributed by atoms with Crippen LogP contribution in [-0.4, -0.2) is 12.6 Å². The first-order valence-electron chi connectivity index (χ1n) is 3.15. The van der Waals surface area contributed by atoms with Gasteiger partial charge in [-0.15, -0.1) is 0 Å². The first-order valence-corrected chi connectivity index (χ1v) is 3.15. The molecule has 0 unspecified atom stereocenters. The molecule has 0 spiro atoms. The summed E-state index contributed by atoms with van der Waals surface area (Å²) >= 11 is 0. The van der Waals surface area contributed by atoms with Crippen LogP contribution in [0.1, 0.15) is 20.8 Å². The Bertz CT molecular complexity index is 136. The van der Waals surface area contributed by atoms with Gasteiger partial charge in [0.2, 0.25) is 6.61 Å². The summed E-state index contributed by atoms with van der Waals surface area (Å²) in [7, 11) is 0. The molecule has 0 bridgehead atoms. The Labute approximate surface area is 61.9 Å². The second-order valence-electron chi connectivity index (χ2n) is 2.56. The van der Waals surface area contributed by atoms with Gasteiger partial charge in [0.15, 0.2) is 0 Å². The number of carbonyl (C=O) groups excluding carboxylic acids is 1. The van der Waals surface area contributed by atoms with Crippen molar-refractivity contribution < 1.29 is 9.53 Å². The van der Waals surface area contributed by atoms with Gasteiger partial charge in [0.1, 0.15) is 5.92 Å². The SMILES string of the molecule is C=C(C)C(=O)OC[C+](C)C. The van der Waals surface area contributed by atoms with Crippen molar-refractivity contribution in [3.63, 3.8) is 0 Å². The molecule has 0 heterocycles. The molecule has 2 heteroatoms. The average molecular weight is 141 g/mol. The summed E-state index contributed by atoms with van der Waals surface area (Å²) in [6.45, 7) is 9.29. The molecule has 56 valence electrons. The van der Waals surface area contributed by atoms with Crippen LogP contribution >= 0.6 is 0 Å². The Kier molecular flexibility index (Phi) is 3.62. The van der Waals surface area contributed by atoms with E-state index in [4.69, 9.17) is 4.74 Å². The highest BCUT2D eigenvalue weighted by molar-refractivity contribution is 5.86. The number of rotatable bonds is 3. The maximum atomic E-state index is 10.7. The van der Waals surface area contributed by atoms with Crippen LogP contribution in [0.4, 0.5) is 0 Å². The fourth-order valence-electron chi connectivity index (χ4n) is 0.333. The third-order valence-electron chi connectivity index (χ3n) is 0.840. The number of carbonyl (C=O) groups is 1. The van der Waals surface area contributed by atoms with Crippen molar-refractivity contribution >= 4 is 5.97 Å². The second kappa shape index (κ2) is 3.99. The summed E-state index contributed by atoms with van der Waals surface area (Å²) < 4.78 is 4.79. The highest BCUT2D eigenvalue weighted by Gasteiger charge is 2.09. The van der Waals surface area contributed by atoms with Gasteiger partial charge in [-0.25, -0.2) is 4.79 Å². The Morgan fingerprint density at radius 3 is 2.40 bits per heavy atom. The summed E-state index contributed by atoms with van der Waals surface area (Å²) in [5, 5.41) is 0. The molecule has 0 aliphatic heterocycles. The van der Waals surface area contributed by atoms with E-state index in [-0.39, 0.29) is 5.97 Å². The van der Waals surface area contributed by atoms with Crippen LogP contribution < -0.4 is 0 Å². The monoisotopic (exact) mass is 141 g/mol. The lowest BCUT2D eigenvalue weighted by Gasteiger charge is -1.98. The topological polar surface area (TPSA) is 26.3 Å². The van der Waals surface area contributed by atoms with Gasteiger partial charge in [-0.1, -0.05) is 6.58 Å². The molecule has 0 aromatic heterocycles. The molecule has 10 heavy (non-hydrogen) atoms. The molecular weight excluding hydrogens is 128 g/mol. The van der Waals surface area contributed by atoms with Crippen LogP contribution in [-0.2, 0) is 9.53 Å². The van der Waals surface area contributed by atoms with Crippen molar-refractivity contribution in [2.24, 2.45) is 0 Å². The van der Waals surface area contributed by atoms with Crippen LogP contribution in [0.3, 0.4) is 0 Å².